The second kappa shape index (κ2) is 5.05. The lowest BCUT2D eigenvalue weighted by Crippen LogP contribution is -2.46. The minimum atomic E-state index is -3.59. The molecule has 2 N–H and O–H groups in total. The molecule has 0 amide bonds. The molecule has 1 aromatic rings. The van der Waals surface area contributed by atoms with Crippen LogP contribution in [0.1, 0.15) is 12.8 Å². The highest BCUT2D eigenvalue weighted by Gasteiger charge is 2.31. The summed E-state index contributed by atoms with van der Waals surface area (Å²) >= 11 is 5.89. The topological polar surface area (TPSA) is 75.6 Å². The van der Waals surface area contributed by atoms with Crippen LogP contribution >= 0.6 is 11.6 Å². The Labute approximate surface area is 111 Å². The fourth-order valence-electron chi connectivity index (χ4n) is 1.79. The Morgan fingerprint density at radius 3 is 2.61 bits per heavy atom. The second-order valence-corrected chi connectivity index (χ2v) is 6.36. The van der Waals surface area contributed by atoms with Crippen molar-refractivity contribution in [2.24, 2.45) is 0 Å². The van der Waals surface area contributed by atoms with E-state index in [-0.39, 0.29) is 16.0 Å². The number of aliphatic hydroxyl groups is 1. The van der Waals surface area contributed by atoms with Crippen molar-refractivity contribution in [1.29, 1.82) is 0 Å². The maximum absolute atomic E-state index is 12.0. The van der Waals surface area contributed by atoms with E-state index in [1.54, 1.807) is 0 Å². The monoisotopic (exact) mass is 291 g/mol. The van der Waals surface area contributed by atoms with E-state index in [0.717, 1.165) is 0 Å². The summed E-state index contributed by atoms with van der Waals surface area (Å²) in [6, 6.07) is 4.08. The Morgan fingerprint density at radius 1 is 1.44 bits per heavy atom. The molecule has 0 aliphatic heterocycles. The van der Waals surface area contributed by atoms with E-state index in [0.29, 0.717) is 18.6 Å². The lowest BCUT2D eigenvalue weighted by Gasteiger charge is -2.31. The average Bonchev–Trinajstić information content (AvgIpc) is 2.26. The number of hydrogen-bond donors (Lipinski definition) is 2. The average molecular weight is 292 g/mol. The van der Waals surface area contributed by atoms with E-state index in [1.165, 1.54) is 25.3 Å². The Balaban J connectivity index is 2.16. The van der Waals surface area contributed by atoms with Crippen molar-refractivity contribution >= 4 is 21.6 Å². The normalized spacial score (nSPS) is 23.5. The number of methoxy groups -OCH3 is 1. The number of hydrogen-bond acceptors (Lipinski definition) is 4. The Hall–Kier alpha value is -0.820. The van der Waals surface area contributed by atoms with Crippen molar-refractivity contribution < 1.29 is 18.3 Å². The summed E-state index contributed by atoms with van der Waals surface area (Å²) in [7, 11) is -2.13. The SMILES string of the molecule is COc1ccc(S(=O)(=O)NC2CC(O)C2)cc1Cl. The van der Waals surface area contributed by atoms with Gasteiger partial charge in [-0.25, -0.2) is 13.1 Å². The van der Waals surface area contributed by atoms with E-state index in [9.17, 15) is 8.42 Å². The molecule has 1 aromatic carbocycles. The van der Waals surface area contributed by atoms with Gasteiger partial charge in [-0.3, -0.25) is 0 Å². The van der Waals surface area contributed by atoms with Crippen molar-refractivity contribution in [3.63, 3.8) is 0 Å². The molecule has 18 heavy (non-hydrogen) atoms. The molecular weight excluding hydrogens is 278 g/mol. The molecule has 0 heterocycles. The van der Waals surface area contributed by atoms with Crippen LogP contribution in [0.25, 0.3) is 0 Å². The summed E-state index contributed by atoms with van der Waals surface area (Å²) < 4.78 is 31.5. The lowest BCUT2D eigenvalue weighted by molar-refractivity contribution is 0.0712. The molecule has 0 spiro atoms. The molecular formula is C11H14ClNO4S. The zero-order valence-electron chi connectivity index (χ0n) is 9.76. The van der Waals surface area contributed by atoms with E-state index in [1.807, 2.05) is 0 Å². The summed E-state index contributed by atoms with van der Waals surface area (Å²) in [6.07, 6.45) is 0.490. The van der Waals surface area contributed by atoms with Gasteiger partial charge in [-0.1, -0.05) is 11.6 Å². The molecule has 0 unspecified atom stereocenters. The van der Waals surface area contributed by atoms with E-state index in [2.05, 4.69) is 4.72 Å². The highest BCUT2D eigenvalue weighted by molar-refractivity contribution is 7.89. The van der Waals surface area contributed by atoms with Crippen LogP contribution in [0.4, 0.5) is 0 Å². The molecule has 0 bridgehead atoms. The van der Waals surface area contributed by atoms with Gasteiger partial charge >= 0.3 is 0 Å². The molecule has 1 fully saturated rings. The van der Waals surface area contributed by atoms with E-state index >= 15 is 0 Å². The molecule has 1 aliphatic rings. The van der Waals surface area contributed by atoms with Crippen molar-refractivity contribution in [3.05, 3.63) is 23.2 Å². The molecule has 0 saturated heterocycles. The molecule has 7 heteroatoms. The number of benzene rings is 1. The summed E-state index contributed by atoms with van der Waals surface area (Å²) in [5.41, 5.74) is 0. The number of halogens is 1. The second-order valence-electron chi connectivity index (χ2n) is 4.24. The minimum absolute atomic E-state index is 0.0923. The van der Waals surface area contributed by atoms with Gasteiger partial charge in [0.05, 0.1) is 23.1 Å². The Bertz CT molecular complexity index is 540. The van der Waals surface area contributed by atoms with Crippen molar-refractivity contribution in [2.45, 2.75) is 29.9 Å². The third-order valence-corrected chi connectivity index (χ3v) is 4.68. The predicted octanol–water partition coefficient (Wildman–Crippen LogP) is 1.15. The Morgan fingerprint density at radius 2 is 2.11 bits per heavy atom. The fourth-order valence-corrected chi connectivity index (χ4v) is 3.40. The predicted molar refractivity (Wildman–Crippen MR) is 67.4 cm³/mol. The molecule has 1 saturated carbocycles. The van der Waals surface area contributed by atoms with Crippen LogP contribution in [-0.2, 0) is 10.0 Å². The number of aliphatic hydroxyl groups excluding tert-OH is 1. The van der Waals surface area contributed by atoms with Gasteiger partial charge in [-0.15, -0.1) is 0 Å². The van der Waals surface area contributed by atoms with Crippen LogP contribution in [0.5, 0.6) is 5.75 Å². The number of rotatable bonds is 4. The minimum Gasteiger partial charge on any atom is -0.495 e. The van der Waals surface area contributed by atoms with Crippen LogP contribution in [0.15, 0.2) is 23.1 Å². The summed E-state index contributed by atoms with van der Waals surface area (Å²) in [5, 5.41) is 9.37. The zero-order valence-corrected chi connectivity index (χ0v) is 11.3. The fraction of sp³-hybridized carbons (Fsp3) is 0.455. The summed E-state index contributed by atoms with van der Waals surface area (Å²) in [4.78, 5) is 0.0923. The van der Waals surface area contributed by atoms with Gasteiger partial charge in [0.2, 0.25) is 10.0 Å². The highest BCUT2D eigenvalue weighted by atomic mass is 35.5. The zero-order chi connectivity index (χ0) is 13.3. The number of ether oxygens (including phenoxy) is 1. The van der Waals surface area contributed by atoms with Gasteiger partial charge in [0.25, 0.3) is 0 Å². The largest absolute Gasteiger partial charge is 0.495 e. The van der Waals surface area contributed by atoms with E-state index < -0.39 is 16.1 Å². The quantitative estimate of drug-likeness (QED) is 0.872. The highest BCUT2D eigenvalue weighted by Crippen LogP contribution is 2.28. The first-order chi connectivity index (χ1) is 8.42. The first-order valence-electron chi connectivity index (χ1n) is 5.46. The van der Waals surface area contributed by atoms with Crippen LogP contribution in [0.3, 0.4) is 0 Å². The smallest absolute Gasteiger partial charge is 0.240 e. The molecule has 0 atom stereocenters. The van der Waals surface area contributed by atoms with Gasteiger partial charge in [-0.2, -0.15) is 0 Å². The molecule has 5 nitrogen and oxygen atoms in total. The van der Waals surface area contributed by atoms with Gasteiger partial charge < -0.3 is 9.84 Å². The lowest BCUT2D eigenvalue weighted by atomic mass is 9.91. The van der Waals surface area contributed by atoms with Gasteiger partial charge in [0.15, 0.2) is 0 Å². The van der Waals surface area contributed by atoms with Crippen LogP contribution in [-0.4, -0.2) is 32.8 Å². The van der Waals surface area contributed by atoms with Crippen LogP contribution in [0, 0.1) is 0 Å². The third-order valence-electron chi connectivity index (χ3n) is 2.87. The standard InChI is InChI=1S/C11H14ClNO4S/c1-17-11-3-2-9(6-10(11)12)18(15,16)13-7-4-8(14)5-7/h2-3,6-8,13-14H,4-5H2,1H3. The third kappa shape index (κ3) is 2.77. The van der Waals surface area contributed by atoms with Crippen LogP contribution in [0.2, 0.25) is 5.02 Å². The molecule has 0 radical (unpaired) electrons. The maximum Gasteiger partial charge on any atom is 0.240 e. The van der Waals surface area contributed by atoms with Crippen molar-refractivity contribution in [3.8, 4) is 5.75 Å². The summed E-state index contributed by atoms with van der Waals surface area (Å²) in [5.74, 6) is 0.426. The first-order valence-corrected chi connectivity index (χ1v) is 7.32. The van der Waals surface area contributed by atoms with Gasteiger partial charge in [0.1, 0.15) is 5.75 Å². The van der Waals surface area contributed by atoms with Gasteiger partial charge in [-0.05, 0) is 31.0 Å². The van der Waals surface area contributed by atoms with Gasteiger partial charge in [0, 0.05) is 6.04 Å². The van der Waals surface area contributed by atoms with Crippen LogP contribution < -0.4 is 9.46 Å². The number of sulfonamides is 1. The molecule has 2 rings (SSSR count). The Kier molecular flexibility index (Phi) is 3.82. The number of nitrogens with one attached hydrogen (secondary N) is 1. The van der Waals surface area contributed by atoms with Crippen molar-refractivity contribution in [2.75, 3.05) is 7.11 Å². The molecule has 100 valence electrons. The first kappa shape index (κ1) is 13.6. The van der Waals surface area contributed by atoms with Crippen molar-refractivity contribution in [1.82, 2.24) is 4.72 Å². The summed E-state index contributed by atoms with van der Waals surface area (Å²) in [6.45, 7) is 0. The molecule has 0 aromatic heterocycles. The maximum atomic E-state index is 12.0. The van der Waals surface area contributed by atoms with E-state index in [4.69, 9.17) is 21.4 Å². The molecule has 1 aliphatic carbocycles.